The fraction of sp³-hybridized carbons (Fsp3) is 0.500. The van der Waals surface area contributed by atoms with Crippen LogP contribution in [0.3, 0.4) is 0 Å². The van der Waals surface area contributed by atoms with Crippen LogP contribution < -0.4 is 4.90 Å². The van der Waals surface area contributed by atoms with E-state index < -0.39 is 5.97 Å². The highest BCUT2D eigenvalue weighted by atomic mass is 32.2. The molecule has 98 valence electrons. The quantitative estimate of drug-likeness (QED) is 0.907. The summed E-state index contributed by atoms with van der Waals surface area (Å²) in [5, 5.41) is 8.84. The van der Waals surface area contributed by atoms with E-state index in [0.29, 0.717) is 12.5 Å². The van der Waals surface area contributed by atoms with Gasteiger partial charge in [-0.25, -0.2) is 0 Å². The molecular weight excluding hydrogens is 246 g/mol. The van der Waals surface area contributed by atoms with Gasteiger partial charge >= 0.3 is 5.97 Å². The second kappa shape index (κ2) is 5.65. The van der Waals surface area contributed by atoms with Crippen molar-refractivity contribution >= 4 is 23.4 Å². The van der Waals surface area contributed by atoms with Crippen LogP contribution in [0.2, 0.25) is 0 Å². The van der Waals surface area contributed by atoms with Gasteiger partial charge in [-0.15, -0.1) is 11.8 Å². The molecule has 1 aromatic rings. The van der Waals surface area contributed by atoms with Crippen LogP contribution in [0.25, 0.3) is 0 Å². The summed E-state index contributed by atoms with van der Waals surface area (Å²) in [5.41, 5.74) is 2.58. The molecule has 0 saturated carbocycles. The molecule has 0 spiro atoms. The van der Waals surface area contributed by atoms with E-state index in [9.17, 15) is 4.79 Å². The lowest BCUT2D eigenvalue weighted by atomic mass is 10.00. The fourth-order valence-electron chi connectivity index (χ4n) is 2.29. The highest BCUT2D eigenvalue weighted by Crippen LogP contribution is 2.40. The molecule has 2 rings (SSSR count). The third-order valence-corrected chi connectivity index (χ3v) is 4.21. The van der Waals surface area contributed by atoms with Crippen molar-refractivity contribution in [2.75, 3.05) is 23.7 Å². The molecule has 0 bridgehead atoms. The number of hydrogen-bond donors (Lipinski definition) is 1. The van der Waals surface area contributed by atoms with E-state index in [-0.39, 0.29) is 6.42 Å². The van der Waals surface area contributed by atoms with Crippen molar-refractivity contribution in [2.45, 2.75) is 31.1 Å². The largest absolute Gasteiger partial charge is 0.481 e. The van der Waals surface area contributed by atoms with Crippen molar-refractivity contribution in [3.05, 3.63) is 23.8 Å². The van der Waals surface area contributed by atoms with Crippen LogP contribution in [0.5, 0.6) is 0 Å². The Morgan fingerprint density at radius 1 is 1.50 bits per heavy atom. The molecule has 18 heavy (non-hydrogen) atoms. The second-order valence-corrected chi connectivity index (χ2v) is 5.96. The van der Waals surface area contributed by atoms with E-state index >= 15 is 0 Å². The average molecular weight is 265 g/mol. The first-order valence-electron chi connectivity index (χ1n) is 6.32. The first-order chi connectivity index (χ1) is 8.59. The molecule has 1 aromatic carbocycles. The maximum absolute atomic E-state index is 10.7. The van der Waals surface area contributed by atoms with Crippen molar-refractivity contribution in [2.24, 2.45) is 0 Å². The fourth-order valence-corrected chi connectivity index (χ4v) is 3.38. The Hall–Kier alpha value is -1.16. The van der Waals surface area contributed by atoms with E-state index in [4.69, 9.17) is 5.11 Å². The number of carboxylic acid groups (broad SMARTS) is 1. The van der Waals surface area contributed by atoms with Crippen LogP contribution in [0.4, 0.5) is 5.69 Å². The number of fused-ring (bicyclic) bond motifs is 1. The third kappa shape index (κ3) is 2.80. The van der Waals surface area contributed by atoms with Gasteiger partial charge < -0.3 is 10.0 Å². The molecular formula is C14H19NO2S. The zero-order valence-corrected chi connectivity index (χ0v) is 11.7. The van der Waals surface area contributed by atoms with E-state index in [0.717, 1.165) is 12.3 Å². The maximum Gasteiger partial charge on any atom is 0.305 e. The first-order valence-corrected chi connectivity index (χ1v) is 7.30. The standard InChI is InChI=1S/C14H19NO2S/c1-10(2)11-4-3-5-12-14(11)15(8-9-18-12)7-6-13(16)17/h3-5,10H,6-9H2,1-2H3,(H,16,17). The molecule has 3 nitrogen and oxygen atoms in total. The summed E-state index contributed by atoms with van der Waals surface area (Å²) in [5.74, 6) is 0.775. The monoisotopic (exact) mass is 265 g/mol. The normalized spacial score (nSPS) is 14.7. The highest BCUT2D eigenvalue weighted by molar-refractivity contribution is 7.99. The van der Waals surface area contributed by atoms with Gasteiger partial charge in [0.1, 0.15) is 0 Å². The second-order valence-electron chi connectivity index (χ2n) is 4.83. The topological polar surface area (TPSA) is 40.5 Å². The Morgan fingerprint density at radius 3 is 2.94 bits per heavy atom. The number of nitrogens with zero attached hydrogens (tertiary/aromatic N) is 1. The number of aliphatic carboxylic acids is 1. The number of benzene rings is 1. The van der Waals surface area contributed by atoms with Crippen LogP contribution >= 0.6 is 11.8 Å². The number of hydrogen-bond acceptors (Lipinski definition) is 3. The predicted molar refractivity (Wildman–Crippen MR) is 75.7 cm³/mol. The van der Waals surface area contributed by atoms with Gasteiger partial charge in [0.25, 0.3) is 0 Å². The molecule has 0 saturated heterocycles. The summed E-state index contributed by atoms with van der Waals surface area (Å²) >= 11 is 1.87. The van der Waals surface area contributed by atoms with E-state index in [2.05, 4.69) is 36.9 Å². The van der Waals surface area contributed by atoms with Crippen LogP contribution in [0.1, 0.15) is 31.7 Å². The third-order valence-electron chi connectivity index (χ3n) is 3.18. The average Bonchev–Trinajstić information content (AvgIpc) is 2.35. The predicted octanol–water partition coefficient (Wildman–Crippen LogP) is 3.20. The summed E-state index contributed by atoms with van der Waals surface area (Å²) in [6, 6.07) is 6.39. The summed E-state index contributed by atoms with van der Waals surface area (Å²) in [4.78, 5) is 14.3. The zero-order valence-electron chi connectivity index (χ0n) is 10.8. The SMILES string of the molecule is CC(C)c1cccc2c1N(CCC(=O)O)CCS2. The molecule has 0 amide bonds. The minimum absolute atomic E-state index is 0.205. The van der Waals surface area contributed by atoms with Gasteiger partial charge in [-0.1, -0.05) is 26.0 Å². The van der Waals surface area contributed by atoms with Gasteiger partial charge in [-0.2, -0.15) is 0 Å². The number of para-hydroxylation sites is 1. The van der Waals surface area contributed by atoms with Gasteiger partial charge in [-0.3, -0.25) is 4.79 Å². The van der Waals surface area contributed by atoms with Crippen molar-refractivity contribution in [1.82, 2.24) is 0 Å². The minimum Gasteiger partial charge on any atom is -0.481 e. The van der Waals surface area contributed by atoms with Crippen LogP contribution in [-0.4, -0.2) is 29.9 Å². The lowest BCUT2D eigenvalue weighted by molar-refractivity contribution is -0.136. The van der Waals surface area contributed by atoms with Crippen LogP contribution in [0.15, 0.2) is 23.1 Å². The Morgan fingerprint density at radius 2 is 2.28 bits per heavy atom. The van der Waals surface area contributed by atoms with Gasteiger partial charge in [0.2, 0.25) is 0 Å². The van der Waals surface area contributed by atoms with Gasteiger partial charge in [0, 0.05) is 23.7 Å². The Bertz CT molecular complexity index is 445. The van der Waals surface area contributed by atoms with Crippen molar-refractivity contribution in [1.29, 1.82) is 0 Å². The first kappa shape index (κ1) is 13.3. The number of carbonyl (C=O) groups is 1. The number of anilines is 1. The van der Waals surface area contributed by atoms with Crippen LogP contribution in [0, 0.1) is 0 Å². The molecule has 1 N–H and O–H groups in total. The molecule has 1 heterocycles. The zero-order chi connectivity index (χ0) is 13.1. The Kier molecular flexibility index (Phi) is 4.17. The lowest BCUT2D eigenvalue weighted by Crippen LogP contribution is -2.32. The van der Waals surface area contributed by atoms with Crippen molar-refractivity contribution in [3.63, 3.8) is 0 Å². The summed E-state index contributed by atoms with van der Waals surface area (Å²) in [6.07, 6.45) is 0.205. The molecule has 0 aromatic heterocycles. The Balaban J connectivity index is 2.31. The molecule has 4 heteroatoms. The Labute approximate surface area is 112 Å². The summed E-state index contributed by atoms with van der Waals surface area (Å²) < 4.78 is 0. The molecule has 0 aliphatic carbocycles. The summed E-state index contributed by atoms with van der Waals surface area (Å²) in [6.45, 7) is 5.91. The summed E-state index contributed by atoms with van der Waals surface area (Å²) in [7, 11) is 0. The lowest BCUT2D eigenvalue weighted by Gasteiger charge is -2.33. The molecule has 1 aliphatic rings. The van der Waals surface area contributed by atoms with Gasteiger partial charge in [0.05, 0.1) is 12.1 Å². The molecule has 0 unspecified atom stereocenters. The molecule has 0 radical (unpaired) electrons. The number of rotatable bonds is 4. The highest BCUT2D eigenvalue weighted by Gasteiger charge is 2.22. The number of carboxylic acids is 1. The molecule has 0 atom stereocenters. The molecule has 0 fully saturated rings. The van der Waals surface area contributed by atoms with Gasteiger partial charge in [-0.05, 0) is 17.5 Å². The smallest absolute Gasteiger partial charge is 0.305 e. The minimum atomic E-state index is -0.725. The van der Waals surface area contributed by atoms with Crippen molar-refractivity contribution in [3.8, 4) is 0 Å². The van der Waals surface area contributed by atoms with E-state index in [1.165, 1.54) is 16.1 Å². The van der Waals surface area contributed by atoms with Gasteiger partial charge in [0.15, 0.2) is 0 Å². The number of thioether (sulfide) groups is 1. The maximum atomic E-state index is 10.7. The van der Waals surface area contributed by atoms with E-state index in [1.54, 1.807) is 0 Å². The van der Waals surface area contributed by atoms with Crippen molar-refractivity contribution < 1.29 is 9.90 Å². The van der Waals surface area contributed by atoms with E-state index in [1.807, 2.05) is 11.8 Å². The molecule has 1 aliphatic heterocycles. The van der Waals surface area contributed by atoms with Crippen LogP contribution in [-0.2, 0) is 4.79 Å².